The lowest BCUT2D eigenvalue weighted by molar-refractivity contribution is -0.304. The van der Waals surface area contributed by atoms with E-state index in [2.05, 4.69) is 15.5 Å². The summed E-state index contributed by atoms with van der Waals surface area (Å²) in [7, 11) is 0. The Hall–Kier alpha value is -1.67. The maximum absolute atomic E-state index is 11.3. The van der Waals surface area contributed by atoms with E-state index in [1.807, 2.05) is 17.5 Å². The third kappa shape index (κ3) is 3.65. The summed E-state index contributed by atoms with van der Waals surface area (Å²) in [5.41, 5.74) is 0.702. The van der Waals surface area contributed by atoms with E-state index in [-0.39, 0.29) is 11.6 Å². The number of thioether (sulfide) groups is 1. The predicted octanol–water partition coefficient (Wildman–Crippen LogP) is 0.200. The molecule has 19 heavy (non-hydrogen) atoms. The Labute approximate surface area is 117 Å². The predicted molar refractivity (Wildman–Crippen MR) is 73.1 cm³/mol. The van der Waals surface area contributed by atoms with Crippen LogP contribution in [0.1, 0.15) is 18.2 Å². The zero-order chi connectivity index (χ0) is 13.8. The van der Waals surface area contributed by atoms with Crippen molar-refractivity contribution in [1.29, 1.82) is 0 Å². The lowest BCUT2D eigenvalue weighted by Crippen LogP contribution is -2.44. The number of carbonyl (C=O) groups is 2. The van der Waals surface area contributed by atoms with Crippen LogP contribution in [-0.4, -0.2) is 28.0 Å². The molecule has 0 radical (unpaired) electrons. The molecule has 1 aromatic rings. The van der Waals surface area contributed by atoms with Gasteiger partial charge in [-0.1, -0.05) is 17.8 Å². The highest BCUT2D eigenvalue weighted by Crippen LogP contribution is 2.20. The Morgan fingerprint density at radius 3 is 3.00 bits per heavy atom. The zero-order valence-corrected chi connectivity index (χ0v) is 11.6. The number of hydrogen-bond donors (Lipinski definition) is 1. The molecule has 100 valence electrons. The lowest BCUT2D eigenvalue weighted by Gasteiger charge is -2.22. The minimum absolute atomic E-state index is 0.111. The number of amidine groups is 1. The second-order valence-corrected chi connectivity index (χ2v) is 5.88. The van der Waals surface area contributed by atoms with Crippen molar-refractivity contribution in [3.63, 3.8) is 0 Å². The maximum atomic E-state index is 11.3. The van der Waals surface area contributed by atoms with E-state index in [1.165, 1.54) is 11.3 Å². The molecule has 0 bridgehead atoms. The van der Waals surface area contributed by atoms with Gasteiger partial charge in [-0.15, -0.1) is 16.4 Å². The largest absolute Gasteiger partial charge is 0.549 e. The molecule has 8 heteroatoms. The molecule has 0 aromatic carbocycles. The Morgan fingerprint density at radius 2 is 2.37 bits per heavy atom. The summed E-state index contributed by atoms with van der Waals surface area (Å²) < 4.78 is 0. The molecule has 1 saturated heterocycles. The molecule has 1 aliphatic rings. The molecule has 0 spiro atoms. The summed E-state index contributed by atoms with van der Waals surface area (Å²) in [6.45, 7) is 1.79. The first-order valence-corrected chi connectivity index (χ1v) is 7.15. The Kier molecular flexibility index (Phi) is 4.33. The number of aliphatic carboxylic acids is 1. The molecule has 1 amide bonds. The average Bonchev–Trinajstić information content (AvgIpc) is 2.89. The van der Waals surface area contributed by atoms with E-state index in [4.69, 9.17) is 0 Å². The summed E-state index contributed by atoms with van der Waals surface area (Å²) in [5.74, 6) is -1.66. The van der Waals surface area contributed by atoms with Crippen molar-refractivity contribution in [2.24, 2.45) is 10.2 Å². The van der Waals surface area contributed by atoms with Crippen molar-refractivity contribution in [2.45, 2.75) is 18.6 Å². The van der Waals surface area contributed by atoms with E-state index >= 15 is 0 Å². The summed E-state index contributed by atoms with van der Waals surface area (Å²) in [6.07, 6.45) is -0.111. The van der Waals surface area contributed by atoms with Crippen LogP contribution in [0.15, 0.2) is 27.7 Å². The standard InChI is InChI=1S/C11H11N3O3S2/c1-6(7-3-2-4-18-7)13-14-11-12-9(15)5-8(19-11)10(16)17/h2-4,8H,5H2,1H3,(H,16,17)(H,12,14,15)/p-1/b13-6-/t8-/m1/s1. The Balaban J connectivity index is 2.12. The molecule has 1 atom stereocenters. The third-order valence-electron chi connectivity index (χ3n) is 2.30. The van der Waals surface area contributed by atoms with E-state index < -0.39 is 17.1 Å². The van der Waals surface area contributed by atoms with E-state index in [0.717, 1.165) is 16.6 Å². The van der Waals surface area contributed by atoms with Gasteiger partial charge in [-0.05, 0) is 18.4 Å². The highest BCUT2D eigenvalue weighted by Gasteiger charge is 2.25. The summed E-state index contributed by atoms with van der Waals surface area (Å²) in [6, 6.07) is 3.80. The highest BCUT2D eigenvalue weighted by atomic mass is 32.2. The molecule has 0 aliphatic carbocycles. The molecule has 0 unspecified atom stereocenters. The smallest absolute Gasteiger partial charge is 0.227 e. The minimum atomic E-state index is -1.27. The quantitative estimate of drug-likeness (QED) is 0.637. The third-order valence-corrected chi connectivity index (χ3v) is 4.33. The first-order valence-electron chi connectivity index (χ1n) is 5.40. The van der Waals surface area contributed by atoms with Crippen molar-refractivity contribution in [3.8, 4) is 0 Å². The van der Waals surface area contributed by atoms with E-state index in [9.17, 15) is 14.7 Å². The molecule has 2 heterocycles. The Morgan fingerprint density at radius 1 is 1.58 bits per heavy atom. The molecular weight excluding hydrogens is 286 g/mol. The maximum Gasteiger partial charge on any atom is 0.227 e. The van der Waals surface area contributed by atoms with Gasteiger partial charge in [-0.2, -0.15) is 5.10 Å². The van der Waals surface area contributed by atoms with Crippen molar-refractivity contribution >= 4 is 45.9 Å². The number of carboxylic acids is 1. The van der Waals surface area contributed by atoms with Crippen LogP contribution in [0.4, 0.5) is 0 Å². The fraction of sp³-hybridized carbons (Fsp3) is 0.273. The number of nitrogens with one attached hydrogen (secondary N) is 1. The summed E-state index contributed by atoms with van der Waals surface area (Å²) in [4.78, 5) is 23.1. The number of rotatable bonds is 3. The van der Waals surface area contributed by atoms with Crippen LogP contribution in [0.2, 0.25) is 0 Å². The first kappa shape index (κ1) is 13.8. The normalized spacial score (nSPS) is 22.4. The van der Waals surface area contributed by atoms with Gasteiger partial charge in [-0.25, -0.2) is 0 Å². The van der Waals surface area contributed by atoms with Crippen LogP contribution >= 0.6 is 23.1 Å². The van der Waals surface area contributed by atoms with E-state index in [1.54, 1.807) is 6.92 Å². The van der Waals surface area contributed by atoms with Crippen LogP contribution in [0.5, 0.6) is 0 Å². The van der Waals surface area contributed by atoms with Gasteiger partial charge in [0.2, 0.25) is 5.91 Å². The number of carbonyl (C=O) groups excluding carboxylic acids is 2. The van der Waals surface area contributed by atoms with E-state index in [0.29, 0.717) is 5.71 Å². The molecule has 1 aliphatic heterocycles. The summed E-state index contributed by atoms with van der Waals surface area (Å²) in [5, 5.41) is 22.3. The van der Waals surface area contributed by atoms with Gasteiger partial charge < -0.3 is 15.2 Å². The van der Waals surface area contributed by atoms with Crippen LogP contribution < -0.4 is 10.4 Å². The second-order valence-electron chi connectivity index (χ2n) is 3.75. The lowest BCUT2D eigenvalue weighted by atomic mass is 10.3. The van der Waals surface area contributed by atoms with Crippen molar-refractivity contribution in [2.75, 3.05) is 0 Å². The molecule has 2 rings (SSSR count). The minimum Gasteiger partial charge on any atom is -0.549 e. The topological polar surface area (TPSA) is 94.0 Å². The van der Waals surface area contributed by atoms with Gasteiger partial charge >= 0.3 is 0 Å². The van der Waals surface area contributed by atoms with Crippen LogP contribution in [0.3, 0.4) is 0 Å². The van der Waals surface area contributed by atoms with Crippen LogP contribution in [0.25, 0.3) is 0 Å². The van der Waals surface area contributed by atoms with Crippen LogP contribution in [-0.2, 0) is 9.59 Å². The molecule has 1 N–H and O–H groups in total. The molecule has 1 fully saturated rings. The summed E-state index contributed by atoms with van der Waals surface area (Å²) >= 11 is 2.46. The van der Waals surface area contributed by atoms with Crippen molar-refractivity contribution in [1.82, 2.24) is 5.32 Å². The average molecular weight is 296 g/mol. The Bertz CT molecular complexity index is 552. The fourth-order valence-electron chi connectivity index (χ4n) is 1.38. The SMILES string of the molecule is C/C(=N/N=C1\NC(=O)C[C@H](C(=O)[O-])S1)c1cccs1. The zero-order valence-electron chi connectivity index (χ0n) is 9.95. The fourth-order valence-corrected chi connectivity index (χ4v) is 2.91. The van der Waals surface area contributed by atoms with Gasteiger partial charge in [0.25, 0.3) is 0 Å². The highest BCUT2D eigenvalue weighted by molar-refractivity contribution is 8.15. The molecular formula is C11H10N3O3S2-. The molecule has 0 saturated carbocycles. The number of carboxylic acid groups (broad SMARTS) is 1. The second kappa shape index (κ2) is 5.98. The van der Waals surface area contributed by atoms with Crippen molar-refractivity contribution in [3.05, 3.63) is 22.4 Å². The van der Waals surface area contributed by atoms with Gasteiger partial charge in [0.15, 0.2) is 5.17 Å². The number of amides is 1. The monoisotopic (exact) mass is 296 g/mol. The number of nitrogens with zero attached hydrogens (tertiary/aromatic N) is 2. The molecule has 6 nitrogen and oxygen atoms in total. The van der Waals surface area contributed by atoms with Gasteiger partial charge in [0.1, 0.15) is 0 Å². The van der Waals surface area contributed by atoms with Gasteiger partial charge in [0.05, 0.1) is 21.8 Å². The molecule has 1 aromatic heterocycles. The number of thiophene rings is 1. The van der Waals surface area contributed by atoms with Crippen molar-refractivity contribution < 1.29 is 14.7 Å². The number of hydrogen-bond acceptors (Lipinski definition) is 7. The first-order chi connectivity index (χ1) is 9.06. The van der Waals surface area contributed by atoms with Gasteiger partial charge in [0, 0.05) is 6.42 Å². The van der Waals surface area contributed by atoms with Gasteiger partial charge in [-0.3, -0.25) is 4.79 Å². The van der Waals surface area contributed by atoms with Crippen LogP contribution in [0, 0.1) is 0 Å².